The van der Waals surface area contributed by atoms with Crippen LogP contribution >= 0.6 is 0 Å². The van der Waals surface area contributed by atoms with Crippen LogP contribution in [0.5, 0.6) is 0 Å². The number of nitrogens with one attached hydrogen (secondary N) is 3. The molecule has 0 spiro atoms. The molecule has 3 amide bonds. The van der Waals surface area contributed by atoms with Crippen molar-refractivity contribution in [1.82, 2.24) is 16.0 Å². The first-order valence-electron chi connectivity index (χ1n) is 20.0. The van der Waals surface area contributed by atoms with Crippen molar-refractivity contribution < 1.29 is 125 Å². The third-order valence-electron chi connectivity index (χ3n) is 9.60. The van der Waals surface area contributed by atoms with E-state index in [4.69, 9.17) is 28.4 Å². The molecule has 0 aromatic rings. The Labute approximate surface area is 370 Å². The molecule has 6 unspecified atom stereocenters. The molecule has 2 aliphatic rings. The molecule has 19 N–H and O–H groups in total. The molecular formula is C37H63N3O25. The van der Waals surface area contributed by atoms with Gasteiger partial charge in [0.1, 0.15) is 95.8 Å². The number of rotatable bonds is 25. The van der Waals surface area contributed by atoms with Crippen LogP contribution in [0.4, 0.5) is 0 Å². The van der Waals surface area contributed by atoms with Crippen LogP contribution < -0.4 is 16.0 Å². The first-order chi connectivity index (χ1) is 30.5. The molecule has 65 heavy (non-hydrogen) atoms. The van der Waals surface area contributed by atoms with Gasteiger partial charge in [0.2, 0.25) is 30.3 Å². The van der Waals surface area contributed by atoms with E-state index >= 15 is 0 Å². The van der Waals surface area contributed by atoms with Gasteiger partial charge in [-0.1, -0.05) is 0 Å². The average molecular weight is 950 g/mol. The predicted molar refractivity (Wildman–Crippen MR) is 210 cm³/mol. The highest BCUT2D eigenvalue weighted by atomic mass is 16.8. The summed E-state index contributed by atoms with van der Waals surface area (Å²) in [6.07, 6.45) is -34.2. The number of carbonyl (C=O) groups is 3. The molecule has 0 aliphatic carbocycles. The van der Waals surface area contributed by atoms with Gasteiger partial charge in [0.15, 0.2) is 12.6 Å². The lowest BCUT2D eigenvalue weighted by Crippen LogP contribution is -2.65. The molecule has 0 aromatic heterocycles. The summed E-state index contributed by atoms with van der Waals surface area (Å²) < 4.78 is 33.4. The number of carbonyl (C=O) groups excluding carboxylic acids is 3. The minimum atomic E-state index is -2.51. The summed E-state index contributed by atoms with van der Waals surface area (Å²) in [5.41, 5.74) is -2.32. The summed E-state index contributed by atoms with van der Waals surface area (Å²) in [6.45, 7) is -0.213. The molecule has 2 heterocycles. The van der Waals surface area contributed by atoms with Crippen molar-refractivity contribution in [1.29, 1.82) is 0 Å². The Kier molecular flexibility index (Phi) is 24.0. The summed E-state index contributed by atoms with van der Waals surface area (Å²) in [7, 11) is 0. The van der Waals surface area contributed by atoms with Crippen LogP contribution in [-0.4, -0.2) is 231 Å². The zero-order valence-electron chi connectivity index (χ0n) is 35.7. The largest absolute Gasteiger partial charge is 0.508 e. The molecule has 16 atom stereocenters. The molecule has 0 saturated carbocycles. The van der Waals surface area contributed by atoms with Crippen LogP contribution in [0, 0.1) is 0 Å². The monoisotopic (exact) mass is 949 g/mol. The van der Waals surface area contributed by atoms with Crippen molar-refractivity contribution in [3.8, 4) is 0 Å². The predicted octanol–water partition coefficient (Wildman–Crippen LogP) is -7.35. The molecular weight excluding hydrogens is 886 g/mol. The van der Waals surface area contributed by atoms with Gasteiger partial charge in [-0.25, -0.2) is 0 Å². The van der Waals surface area contributed by atoms with Crippen LogP contribution in [0.25, 0.3) is 0 Å². The second-order valence-corrected chi connectivity index (χ2v) is 14.7. The molecule has 2 saturated heterocycles. The highest BCUT2D eigenvalue weighted by Crippen LogP contribution is 2.33. The van der Waals surface area contributed by atoms with Crippen LogP contribution in [0.1, 0.15) is 47.0 Å². The fraction of sp³-hybridized carbons (Fsp3) is 0.757. The fourth-order valence-corrected chi connectivity index (χ4v) is 6.41. The van der Waals surface area contributed by atoms with E-state index in [1.807, 2.05) is 5.32 Å². The maximum absolute atomic E-state index is 12.3. The number of aliphatic hydroxyl groups is 16. The highest BCUT2D eigenvalue weighted by molar-refractivity contribution is 5.76. The Bertz CT molecular complexity index is 1630. The van der Waals surface area contributed by atoms with E-state index in [1.165, 1.54) is 0 Å². The molecule has 376 valence electrons. The molecule has 0 radical (unpaired) electrons. The Morgan fingerprint density at radius 3 is 1.51 bits per heavy atom. The van der Waals surface area contributed by atoms with E-state index < -0.39 is 203 Å². The molecule has 2 fully saturated rings. The third kappa shape index (κ3) is 16.0. The number of aliphatic hydroxyl groups excluding tert-OH is 16. The fourth-order valence-electron chi connectivity index (χ4n) is 6.41. The second kappa shape index (κ2) is 27.2. The minimum Gasteiger partial charge on any atom is -0.508 e. The van der Waals surface area contributed by atoms with E-state index in [2.05, 4.69) is 10.6 Å². The molecule has 28 nitrogen and oxygen atoms in total. The first-order valence-corrected chi connectivity index (χ1v) is 20.0. The normalized spacial score (nSPS) is 30.0. The van der Waals surface area contributed by atoms with Gasteiger partial charge < -0.3 is 126 Å². The van der Waals surface area contributed by atoms with Gasteiger partial charge in [-0.05, 0) is 6.92 Å². The van der Waals surface area contributed by atoms with E-state index in [0.29, 0.717) is 0 Å². The Morgan fingerprint density at radius 1 is 0.554 bits per heavy atom. The Morgan fingerprint density at radius 2 is 1.02 bits per heavy atom. The topological polar surface area (TPSA) is 466 Å². The van der Waals surface area contributed by atoms with Crippen LogP contribution in [0.3, 0.4) is 0 Å². The van der Waals surface area contributed by atoms with Gasteiger partial charge in [-0.3, -0.25) is 14.4 Å². The van der Waals surface area contributed by atoms with Gasteiger partial charge in [0.05, 0.1) is 25.0 Å². The van der Waals surface area contributed by atoms with Gasteiger partial charge >= 0.3 is 0 Å². The van der Waals surface area contributed by atoms with Gasteiger partial charge in [0.25, 0.3) is 0 Å². The SMILES string of the molecule is CC(=O)N/C(=C(\O)[C@@H](CCO)O[C@H](O)/C(NC(C)=O)=C(/O)[C@@H](CCO)O[C@@H]1OC(CO)[C@@H](O)C(O[C@H]2OC(CO)[C@@H](O)C(O)C2O[C@H](O)/C(NC(C)=O)=C(/O)[C@H](O)CCO)C1O)[C@H](C)O. The first kappa shape index (κ1) is 57.4. The Hall–Kier alpha value is -3.73. The average Bonchev–Trinajstić information content (AvgIpc) is 3.24. The van der Waals surface area contributed by atoms with E-state index in [0.717, 1.165) is 27.7 Å². The maximum Gasteiger partial charge on any atom is 0.221 e. The number of amides is 3. The molecule has 2 aliphatic heterocycles. The van der Waals surface area contributed by atoms with E-state index in [-0.39, 0.29) is 0 Å². The number of hydrogen-bond acceptors (Lipinski definition) is 25. The summed E-state index contributed by atoms with van der Waals surface area (Å²) in [6, 6.07) is 0. The third-order valence-corrected chi connectivity index (χ3v) is 9.60. The zero-order chi connectivity index (χ0) is 49.5. The van der Waals surface area contributed by atoms with Crippen molar-refractivity contribution in [2.45, 2.75) is 145 Å². The zero-order valence-corrected chi connectivity index (χ0v) is 35.7. The standard InChI is InChI=1S/C37H63N3O25/c1-13(46)22(38-14(2)47)26(52)18(6-9-42)60-34(58)24(40-16(4)49)27(53)19(7-10-43)61-36-31(57)32(29(55)21(12-45)62-36)65-37-33(30(56)28(54)20(11-44)63-37)64-35(59)23(39-15(3)48)25(51)17(50)5-8-41/h13,17-21,28-37,41-46,50-59H,5-12H2,1-4H3,(H,38,47)(H,39,48)(H,40,49)/b25-23-,26-22-,27-24-/t13-,17+,18+,19+,20?,21?,28+,29+,30?,31?,32?,33?,34-,35-,36+,37+/m0/s1. The quantitative estimate of drug-likeness (QED) is 0.0299. The van der Waals surface area contributed by atoms with Crippen molar-refractivity contribution in [2.24, 2.45) is 0 Å². The van der Waals surface area contributed by atoms with Gasteiger partial charge in [-0.2, -0.15) is 0 Å². The lowest BCUT2D eigenvalue weighted by atomic mass is 9.96. The number of ether oxygens (including phenoxy) is 6. The highest BCUT2D eigenvalue weighted by Gasteiger charge is 2.53. The van der Waals surface area contributed by atoms with E-state index in [1.54, 1.807) is 0 Å². The van der Waals surface area contributed by atoms with Crippen LogP contribution in [0.2, 0.25) is 0 Å². The Balaban J connectivity index is 2.62. The van der Waals surface area contributed by atoms with Crippen LogP contribution in [-0.2, 0) is 42.8 Å². The van der Waals surface area contributed by atoms with Crippen molar-refractivity contribution >= 4 is 17.7 Å². The summed E-state index contributed by atoms with van der Waals surface area (Å²) in [5, 5.41) is 175. The molecule has 0 aromatic carbocycles. The van der Waals surface area contributed by atoms with Crippen molar-refractivity contribution in [2.75, 3.05) is 33.0 Å². The van der Waals surface area contributed by atoms with Crippen molar-refractivity contribution in [3.63, 3.8) is 0 Å². The minimum absolute atomic E-state index is 0.495. The molecule has 2 rings (SSSR count). The van der Waals surface area contributed by atoms with Gasteiger partial charge in [-0.15, -0.1) is 0 Å². The smallest absolute Gasteiger partial charge is 0.221 e. The van der Waals surface area contributed by atoms with E-state index in [9.17, 15) is 96.1 Å². The summed E-state index contributed by atoms with van der Waals surface area (Å²) in [4.78, 5) is 35.9. The summed E-state index contributed by atoms with van der Waals surface area (Å²) >= 11 is 0. The van der Waals surface area contributed by atoms with Crippen LogP contribution in [0.15, 0.2) is 34.4 Å². The number of hydrogen-bond donors (Lipinski definition) is 19. The lowest BCUT2D eigenvalue weighted by Gasteiger charge is -2.47. The maximum atomic E-state index is 12.3. The lowest BCUT2D eigenvalue weighted by molar-refractivity contribution is -0.373. The van der Waals surface area contributed by atoms with Crippen molar-refractivity contribution in [3.05, 3.63) is 34.4 Å². The molecule has 0 bridgehead atoms. The van der Waals surface area contributed by atoms with Gasteiger partial charge in [0, 0.05) is 59.9 Å². The summed E-state index contributed by atoms with van der Waals surface area (Å²) in [5.74, 6) is -5.75. The second-order valence-electron chi connectivity index (χ2n) is 14.7. The molecule has 28 heteroatoms.